The molecule has 1 unspecified atom stereocenters. The average molecular weight is 381 g/mol. The Hall–Kier alpha value is -2.19. The van der Waals surface area contributed by atoms with Gasteiger partial charge in [0, 0.05) is 16.5 Å². The summed E-state index contributed by atoms with van der Waals surface area (Å²) in [4.78, 5) is 5.42. The zero-order valence-corrected chi connectivity index (χ0v) is 15.1. The van der Waals surface area contributed by atoms with Crippen molar-refractivity contribution in [1.82, 2.24) is 15.5 Å². The molecule has 0 radical (unpaired) electrons. The van der Waals surface area contributed by atoms with E-state index in [-0.39, 0.29) is 17.4 Å². The van der Waals surface area contributed by atoms with Gasteiger partial charge in [0.05, 0.1) is 12.1 Å². The van der Waals surface area contributed by atoms with Gasteiger partial charge in [-0.05, 0) is 29.5 Å². The molecule has 0 aliphatic rings. The summed E-state index contributed by atoms with van der Waals surface area (Å²) in [6.45, 7) is 4.56. The number of nitrogens with zero attached hydrogens (tertiary/aromatic N) is 2. The molecule has 3 aromatic rings. The van der Waals surface area contributed by atoms with Crippen LogP contribution in [0.5, 0.6) is 0 Å². The smallest absolute Gasteiger partial charge is 0.338 e. The fraction of sp³-hybridized carbons (Fsp3) is 0.333. The number of halogens is 3. The van der Waals surface area contributed by atoms with Crippen LogP contribution in [0, 0.1) is 5.92 Å². The van der Waals surface area contributed by atoms with Crippen LogP contribution >= 0.6 is 11.3 Å². The summed E-state index contributed by atoms with van der Waals surface area (Å²) >= 11 is 1.66. The van der Waals surface area contributed by atoms with Gasteiger partial charge in [-0.25, -0.2) is 0 Å². The van der Waals surface area contributed by atoms with E-state index in [0.717, 1.165) is 12.1 Å². The van der Waals surface area contributed by atoms with E-state index < -0.39 is 11.7 Å². The summed E-state index contributed by atoms with van der Waals surface area (Å²) in [6, 6.07) is 9.08. The molecule has 138 valence electrons. The van der Waals surface area contributed by atoms with Crippen molar-refractivity contribution in [3.8, 4) is 11.4 Å². The van der Waals surface area contributed by atoms with Crippen molar-refractivity contribution in [2.75, 3.05) is 0 Å². The van der Waals surface area contributed by atoms with Crippen LogP contribution in [0.3, 0.4) is 0 Å². The molecule has 2 heterocycles. The summed E-state index contributed by atoms with van der Waals surface area (Å²) in [5.74, 6) is 0.837. The monoisotopic (exact) mass is 381 g/mol. The molecule has 0 fully saturated rings. The molecule has 1 N–H and O–H groups in total. The highest BCUT2D eigenvalue weighted by Crippen LogP contribution is 2.31. The Morgan fingerprint density at radius 1 is 1.19 bits per heavy atom. The molecule has 1 atom stereocenters. The van der Waals surface area contributed by atoms with Gasteiger partial charge in [-0.15, -0.1) is 11.3 Å². The van der Waals surface area contributed by atoms with Gasteiger partial charge in [-0.1, -0.05) is 37.2 Å². The van der Waals surface area contributed by atoms with Gasteiger partial charge in [-0.2, -0.15) is 18.2 Å². The largest absolute Gasteiger partial charge is 0.416 e. The first-order valence-electron chi connectivity index (χ1n) is 8.11. The van der Waals surface area contributed by atoms with Crippen LogP contribution in [0.25, 0.3) is 11.4 Å². The van der Waals surface area contributed by atoms with Crippen molar-refractivity contribution in [2.24, 2.45) is 5.92 Å². The van der Waals surface area contributed by atoms with Crippen molar-refractivity contribution in [3.05, 3.63) is 58.1 Å². The number of alkyl halides is 3. The number of thiophene rings is 1. The molecule has 0 aliphatic carbocycles. The van der Waals surface area contributed by atoms with E-state index in [1.165, 1.54) is 17.0 Å². The third-order valence-corrected chi connectivity index (χ3v) is 4.86. The molecule has 2 aromatic heterocycles. The molecule has 0 amide bonds. The van der Waals surface area contributed by atoms with E-state index in [1.807, 2.05) is 11.4 Å². The minimum atomic E-state index is -4.41. The van der Waals surface area contributed by atoms with Crippen LogP contribution in [0.4, 0.5) is 13.2 Å². The number of nitrogens with one attached hydrogen (secondary N) is 1. The maximum Gasteiger partial charge on any atom is 0.416 e. The van der Waals surface area contributed by atoms with Crippen LogP contribution < -0.4 is 5.32 Å². The average Bonchev–Trinajstić information content (AvgIpc) is 3.26. The van der Waals surface area contributed by atoms with E-state index in [4.69, 9.17) is 4.52 Å². The summed E-state index contributed by atoms with van der Waals surface area (Å²) in [7, 11) is 0. The second-order valence-electron chi connectivity index (χ2n) is 6.21. The highest BCUT2D eigenvalue weighted by atomic mass is 32.1. The van der Waals surface area contributed by atoms with Crippen LogP contribution in [0.1, 0.15) is 36.2 Å². The third-order valence-electron chi connectivity index (χ3n) is 3.91. The van der Waals surface area contributed by atoms with Gasteiger partial charge >= 0.3 is 6.18 Å². The predicted octanol–water partition coefficient (Wildman–Crippen LogP) is 5.30. The summed E-state index contributed by atoms with van der Waals surface area (Å²) in [5, 5.41) is 9.20. The van der Waals surface area contributed by atoms with Crippen molar-refractivity contribution in [2.45, 2.75) is 32.6 Å². The normalized spacial score (nSPS) is 13.3. The highest BCUT2D eigenvalue weighted by molar-refractivity contribution is 7.10. The molecule has 0 bridgehead atoms. The van der Waals surface area contributed by atoms with Crippen molar-refractivity contribution >= 4 is 11.3 Å². The Labute approximate surface area is 153 Å². The lowest BCUT2D eigenvalue weighted by Crippen LogP contribution is -2.24. The standard InChI is InChI=1S/C18H18F3N3OS/c1-11(2)16(14-7-4-8-26-14)22-10-15-23-17(24-25-15)12-5-3-6-13(9-12)18(19,20)21/h3-9,11,16,22H,10H2,1-2H3. The quantitative estimate of drug-likeness (QED) is 0.629. The van der Waals surface area contributed by atoms with E-state index in [2.05, 4.69) is 35.4 Å². The van der Waals surface area contributed by atoms with Gasteiger partial charge in [0.1, 0.15) is 0 Å². The number of aromatic nitrogens is 2. The van der Waals surface area contributed by atoms with Gasteiger partial charge in [0.25, 0.3) is 0 Å². The fourth-order valence-corrected chi connectivity index (χ4v) is 3.58. The van der Waals surface area contributed by atoms with Crippen molar-refractivity contribution in [3.63, 3.8) is 0 Å². The third kappa shape index (κ3) is 4.31. The minimum absolute atomic E-state index is 0.138. The van der Waals surface area contributed by atoms with E-state index in [0.29, 0.717) is 18.4 Å². The minimum Gasteiger partial charge on any atom is -0.338 e. The molecule has 4 nitrogen and oxygen atoms in total. The molecular formula is C18H18F3N3OS. The van der Waals surface area contributed by atoms with Crippen LogP contribution in [0.15, 0.2) is 46.3 Å². The number of rotatable bonds is 6. The summed E-state index contributed by atoms with van der Waals surface area (Å²) in [5.41, 5.74) is -0.467. The van der Waals surface area contributed by atoms with Crippen LogP contribution in [0.2, 0.25) is 0 Å². The zero-order chi connectivity index (χ0) is 18.7. The van der Waals surface area contributed by atoms with Crippen LogP contribution in [-0.2, 0) is 12.7 Å². The first kappa shape index (κ1) is 18.6. The lowest BCUT2D eigenvalue weighted by atomic mass is 10.0. The SMILES string of the molecule is CC(C)C(NCc1nc(-c2cccc(C(F)(F)F)c2)no1)c1cccs1. The number of hydrogen-bond donors (Lipinski definition) is 1. The van der Waals surface area contributed by atoms with Gasteiger partial charge in [-0.3, -0.25) is 0 Å². The Morgan fingerprint density at radius 3 is 2.65 bits per heavy atom. The first-order valence-corrected chi connectivity index (χ1v) is 8.99. The first-order chi connectivity index (χ1) is 12.3. The second kappa shape index (κ2) is 7.59. The van der Waals surface area contributed by atoms with Crippen LogP contribution in [-0.4, -0.2) is 10.1 Å². The van der Waals surface area contributed by atoms with Crippen molar-refractivity contribution in [1.29, 1.82) is 0 Å². The molecule has 0 saturated carbocycles. The van der Waals surface area contributed by atoms with Gasteiger partial charge in [0.15, 0.2) is 0 Å². The van der Waals surface area contributed by atoms with E-state index >= 15 is 0 Å². The molecule has 0 saturated heterocycles. The summed E-state index contributed by atoms with van der Waals surface area (Å²) in [6.07, 6.45) is -4.41. The molecule has 0 aliphatic heterocycles. The topological polar surface area (TPSA) is 51.0 Å². The lowest BCUT2D eigenvalue weighted by Gasteiger charge is -2.20. The Balaban J connectivity index is 1.72. The maximum atomic E-state index is 12.8. The van der Waals surface area contributed by atoms with E-state index in [1.54, 1.807) is 11.3 Å². The summed E-state index contributed by atoms with van der Waals surface area (Å²) < 4.78 is 43.7. The Kier molecular flexibility index (Phi) is 5.43. The molecular weight excluding hydrogens is 363 g/mol. The molecule has 8 heteroatoms. The fourth-order valence-electron chi connectivity index (χ4n) is 2.61. The zero-order valence-electron chi connectivity index (χ0n) is 14.2. The maximum absolute atomic E-state index is 12.8. The Bertz CT molecular complexity index is 843. The lowest BCUT2D eigenvalue weighted by molar-refractivity contribution is -0.137. The molecule has 1 aromatic carbocycles. The highest BCUT2D eigenvalue weighted by Gasteiger charge is 2.30. The van der Waals surface area contributed by atoms with E-state index in [9.17, 15) is 13.2 Å². The Morgan fingerprint density at radius 2 is 2.00 bits per heavy atom. The predicted molar refractivity (Wildman–Crippen MR) is 93.5 cm³/mol. The molecule has 26 heavy (non-hydrogen) atoms. The molecule has 3 rings (SSSR count). The number of benzene rings is 1. The van der Waals surface area contributed by atoms with Crippen molar-refractivity contribution < 1.29 is 17.7 Å². The number of hydrogen-bond acceptors (Lipinski definition) is 5. The molecule has 0 spiro atoms. The van der Waals surface area contributed by atoms with Gasteiger partial charge in [0.2, 0.25) is 11.7 Å². The van der Waals surface area contributed by atoms with Gasteiger partial charge < -0.3 is 9.84 Å². The second-order valence-corrected chi connectivity index (χ2v) is 7.19.